The van der Waals surface area contributed by atoms with Gasteiger partial charge < -0.3 is 4.90 Å². The number of hydrogen-bond acceptors (Lipinski definition) is 4. The van der Waals surface area contributed by atoms with E-state index in [2.05, 4.69) is 9.97 Å². The number of thiazole rings is 1. The van der Waals surface area contributed by atoms with Gasteiger partial charge in [0.1, 0.15) is 0 Å². The Kier molecular flexibility index (Phi) is 3.71. The molecule has 1 amide bonds. The molecule has 0 bridgehead atoms. The van der Waals surface area contributed by atoms with Crippen LogP contribution in [0.15, 0.2) is 29.4 Å². The monoisotopic (exact) mass is 267 g/mol. The third kappa shape index (κ3) is 2.81. The first-order chi connectivity index (χ1) is 8.18. The number of halogens is 1. The molecule has 0 atom stereocenters. The van der Waals surface area contributed by atoms with Crippen molar-refractivity contribution in [2.24, 2.45) is 0 Å². The minimum atomic E-state index is -0.134. The molecule has 17 heavy (non-hydrogen) atoms. The summed E-state index contributed by atoms with van der Waals surface area (Å²) in [6.45, 7) is 0.473. The Morgan fingerprint density at radius 1 is 1.59 bits per heavy atom. The second-order valence-corrected chi connectivity index (χ2v) is 4.62. The van der Waals surface area contributed by atoms with Gasteiger partial charge in [0.25, 0.3) is 5.91 Å². The molecule has 2 aromatic heterocycles. The van der Waals surface area contributed by atoms with Crippen molar-refractivity contribution < 1.29 is 4.79 Å². The van der Waals surface area contributed by atoms with E-state index in [9.17, 15) is 4.79 Å². The number of carbonyl (C=O) groups is 1. The molecule has 88 valence electrons. The summed E-state index contributed by atoms with van der Waals surface area (Å²) in [6, 6.07) is 1.61. The Bertz CT molecular complexity index is 515. The predicted octanol–water partition coefficient (Wildman–Crippen LogP) is 2.46. The number of aromatic nitrogens is 2. The van der Waals surface area contributed by atoms with E-state index in [4.69, 9.17) is 11.6 Å². The van der Waals surface area contributed by atoms with E-state index in [-0.39, 0.29) is 5.91 Å². The molecule has 0 saturated heterocycles. The van der Waals surface area contributed by atoms with E-state index in [1.54, 1.807) is 29.7 Å². The standard InChI is InChI=1S/C11H10ClN3OS/c1-15(5-8-6-17-7-14-8)11(16)9-2-3-13-4-10(9)12/h2-4,6-7H,5H2,1H3. The smallest absolute Gasteiger partial charge is 0.255 e. The van der Waals surface area contributed by atoms with Gasteiger partial charge in [-0.25, -0.2) is 4.98 Å². The van der Waals surface area contributed by atoms with Crippen LogP contribution >= 0.6 is 22.9 Å². The van der Waals surface area contributed by atoms with Crippen molar-refractivity contribution >= 4 is 28.8 Å². The zero-order chi connectivity index (χ0) is 12.3. The maximum Gasteiger partial charge on any atom is 0.255 e. The van der Waals surface area contributed by atoms with Crippen molar-refractivity contribution in [3.8, 4) is 0 Å². The minimum absolute atomic E-state index is 0.134. The van der Waals surface area contributed by atoms with Crippen molar-refractivity contribution in [2.45, 2.75) is 6.54 Å². The zero-order valence-electron chi connectivity index (χ0n) is 9.13. The maximum absolute atomic E-state index is 12.1. The lowest BCUT2D eigenvalue weighted by Crippen LogP contribution is -2.26. The number of nitrogens with zero attached hydrogens (tertiary/aromatic N) is 3. The molecular weight excluding hydrogens is 258 g/mol. The third-order valence-corrected chi connectivity index (χ3v) is 3.17. The first kappa shape index (κ1) is 12.0. The van der Waals surface area contributed by atoms with Crippen LogP contribution in [0.2, 0.25) is 5.02 Å². The molecule has 0 aliphatic carbocycles. The average Bonchev–Trinajstić information content (AvgIpc) is 2.81. The normalized spacial score (nSPS) is 10.2. The van der Waals surface area contributed by atoms with Gasteiger partial charge in [0, 0.05) is 24.8 Å². The molecule has 0 aliphatic rings. The van der Waals surface area contributed by atoms with Gasteiger partial charge in [0.05, 0.1) is 28.3 Å². The molecule has 0 radical (unpaired) electrons. The van der Waals surface area contributed by atoms with Crippen molar-refractivity contribution in [1.82, 2.24) is 14.9 Å². The molecule has 0 saturated carbocycles. The molecule has 2 aromatic rings. The Morgan fingerprint density at radius 3 is 3.06 bits per heavy atom. The molecule has 2 rings (SSSR count). The number of rotatable bonds is 3. The van der Waals surface area contributed by atoms with Gasteiger partial charge in [0.15, 0.2) is 0 Å². The van der Waals surface area contributed by atoms with Gasteiger partial charge >= 0.3 is 0 Å². The van der Waals surface area contributed by atoms with E-state index in [1.165, 1.54) is 17.5 Å². The fourth-order valence-electron chi connectivity index (χ4n) is 1.38. The molecule has 6 heteroatoms. The Labute approximate surface area is 108 Å². The van der Waals surface area contributed by atoms with Gasteiger partial charge in [0.2, 0.25) is 0 Å². The summed E-state index contributed by atoms with van der Waals surface area (Å²) in [7, 11) is 1.72. The van der Waals surface area contributed by atoms with Gasteiger partial charge in [-0.3, -0.25) is 9.78 Å². The van der Waals surface area contributed by atoms with E-state index >= 15 is 0 Å². The Balaban J connectivity index is 2.13. The number of pyridine rings is 1. The van der Waals surface area contributed by atoms with Crippen LogP contribution in [0.3, 0.4) is 0 Å². The third-order valence-electron chi connectivity index (χ3n) is 2.23. The lowest BCUT2D eigenvalue weighted by Gasteiger charge is -2.16. The fraction of sp³-hybridized carbons (Fsp3) is 0.182. The fourth-order valence-corrected chi connectivity index (χ4v) is 2.13. The highest BCUT2D eigenvalue weighted by molar-refractivity contribution is 7.07. The lowest BCUT2D eigenvalue weighted by molar-refractivity contribution is 0.0783. The number of hydrogen-bond donors (Lipinski definition) is 0. The number of carbonyl (C=O) groups excluding carboxylic acids is 1. The summed E-state index contributed by atoms with van der Waals surface area (Å²) in [5, 5.41) is 2.28. The van der Waals surface area contributed by atoms with E-state index in [0.29, 0.717) is 17.1 Å². The summed E-state index contributed by atoms with van der Waals surface area (Å²) in [5.41, 5.74) is 3.07. The first-order valence-corrected chi connectivity index (χ1v) is 6.22. The molecule has 0 aliphatic heterocycles. The highest BCUT2D eigenvalue weighted by atomic mass is 35.5. The van der Waals surface area contributed by atoms with Gasteiger partial charge in [-0.2, -0.15) is 0 Å². The van der Waals surface area contributed by atoms with E-state index in [1.807, 2.05) is 5.38 Å². The van der Waals surface area contributed by atoms with Crippen molar-refractivity contribution in [3.05, 3.63) is 45.6 Å². The Morgan fingerprint density at radius 2 is 2.41 bits per heavy atom. The van der Waals surface area contributed by atoms with Crippen molar-refractivity contribution in [3.63, 3.8) is 0 Å². The summed E-state index contributed by atoms with van der Waals surface area (Å²) in [5.74, 6) is -0.134. The van der Waals surface area contributed by atoms with Crippen molar-refractivity contribution in [2.75, 3.05) is 7.05 Å². The first-order valence-electron chi connectivity index (χ1n) is 4.90. The summed E-state index contributed by atoms with van der Waals surface area (Å²) in [6.07, 6.45) is 3.02. The second kappa shape index (κ2) is 5.25. The Hall–Kier alpha value is -1.46. The minimum Gasteiger partial charge on any atom is -0.336 e. The summed E-state index contributed by atoms with van der Waals surface area (Å²) >= 11 is 7.43. The average molecular weight is 268 g/mol. The summed E-state index contributed by atoms with van der Waals surface area (Å²) < 4.78 is 0. The van der Waals surface area contributed by atoms with Crippen LogP contribution in [0.25, 0.3) is 0 Å². The zero-order valence-corrected chi connectivity index (χ0v) is 10.7. The van der Waals surface area contributed by atoms with Gasteiger partial charge in [-0.15, -0.1) is 11.3 Å². The topological polar surface area (TPSA) is 46.1 Å². The van der Waals surface area contributed by atoms with E-state index in [0.717, 1.165) is 5.69 Å². The predicted molar refractivity (Wildman–Crippen MR) is 67.2 cm³/mol. The molecular formula is C11H10ClN3OS. The van der Waals surface area contributed by atoms with Crippen LogP contribution in [-0.2, 0) is 6.54 Å². The molecule has 0 aromatic carbocycles. The molecule has 0 unspecified atom stereocenters. The van der Waals surface area contributed by atoms with Crippen LogP contribution < -0.4 is 0 Å². The molecule has 0 spiro atoms. The summed E-state index contributed by atoms with van der Waals surface area (Å²) in [4.78, 5) is 21.6. The molecule has 0 fully saturated rings. The maximum atomic E-state index is 12.1. The second-order valence-electron chi connectivity index (χ2n) is 3.50. The van der Waals surface area contributed by atoms with Crippen LogP contribution in [0, 0.1) is 0 Å². The highest BCUT2D eigenvalue weighted by Crippen LogP contribution is 2.16. The van der Waals surface area contributed by atoms with Crippen LogP contribution in [0.1, 0.15) is 16.1 Å². The molecule has 0 N–H and O–H groups in total. The SMILES string of the molecule is CN(Cc1cscn1)C(=O)c1ccncc1Cl. The van der Waals surface area contributed by atoms with Gasteiger partial charge in [-0.1, -0.05) is 11.6 Å². The van der Waals surface area contributed by atoms with Crippen LogP contribution in [0.4, 0.5) is 0 Å². The van der Waals surface area contributed by atoms with Gasteiger partial charge in [-0.05, 0) is 6.07 Å². The molecule has 4 nitrogen and oxygen atoms in total. The quantitative estimate of drug-likeness (QED) is 0.858. The van der Waals surface area contributed by atoms with Crippen LogP contribution in [-0.4, -0.2) is 27.8 Å². The highest BCUT2D eigenvalue weighted by Gasteiger charge is 2.15. The van der Waals surface area contributed by atoms with Crippen molar-refractivity contribution in [1.29, 1.82) is 0 Å². The number of amides is 1. The molecule has 2 heterocycles. The van der Waals surface area contributed by atoms with E-state index < -0.39 is 0 Å². The lowest BCUT2D eigenvalue weighted by atomic mass is 10.2. The largest absolute Gasteiger partial charge is 0.336 e. The van der Waals surface area contributed by atoms with Crippen LogP contribution in [0.5, 0.6) is 0 Å².